The second-order valence-corrected chi connectivity index (χ2v) is 14.5. The number of ether oxygens (including phenoxy) is 1. The minimum absolute atomic E-state index is 0.0565. The molecule has 0 aromatic heterocycles. The van der Waals surface area contributed by atoms with Gasteiger partial charge in [-0.15, -0.1) is 0 Å². The Morgan fingerprint density at radius 3 is 2.48 bits per heavy atom. The number of aliphatic hydroxyl groups is 1. The highest BCUT2D eigenvalue weighted by Gasteiger charge is 2.40. The fourth-order valence-electron chi connectivity index (χ4n) is 3.10. The van der Waals surface area contributed by atoms with Crippen LogP contribution in [0.5, 0.6) is 0 Å². The molecule has 0 unspecified atom stereocenters. The summed E-state index contributed by atoms with van der Waals surface area (Å²) < 4.78 is 12.2. The van der Waals surface area contributed by atoms with Crippen LogP contribution in [-0.2, 0) is 14.0 Å². The first kappa shape index (κ1) is 26.1. The van der Waals surface area contributed by atoms with Crippen molar-refractivity contribution in [2.45, 2.75) is 122 Å². The number of aliphatic hydroxyl groups excluding tert-OH is 1. The van der Waals surface area contributed by atoms with Crippen LogP contribution in [0.3, 0.4) is 0 Å². The average molecular weight is 425 g/mol. The van der Waals surface area contributed by atoms with Gasteiger partial charge < -0.3 is 14.3 Å². The molecular weight excluding hydrogens is 380 g/mol. The van der Waals surface area contributed by atoms with E-state index in [1.165, 1.54) is 12.8 Å². The van der Waals surface area contributed by atoms with Gasteiger partial charge in [0.1, 0.15) is 6.10 Å². The molecule has 0 saturated carbocycles. The highest BCUT2D eigenvalue weighted by atomic mass is 28.4. The molecule has 1 saturated heterocycles. The minimum atomic E-state index is -2.05. The van der Waals surface area contributed by atoms with Crippen molar-refractivity contribution in [2.24, 2.45) is 0 Å². The number of carbonyl (C=O) groups excluding carboxylic acids is 1. The number of hydrogen-bond acceptors (Lipinski definition) is 4. The summed E-state index contributed by atoms with van der Waals surface area (Å²) in [6.07, 6.45) is 15.0. The number of esters is 1. The van der Waals surface area contributed by atoms with Crippen molar-refractivity contribution < 1.29 is 19.1 Å². The lowest BCUT2D eigenvalue weighted by molar-refractivity contribution is -0.147. The molecule has 5 heteroatoms. The Hall–Kier alpha value is -0.913. The van der Waals surface area contributed by atoms with Gasteiger partial charge in [-0.05, 0) is 56.3 Å². The molecule has 1 fully saturated rings. The SMILES string of the molecule is CC/C=C\C[C@H](O)[C@@H](/C=C/[C@H]1CCCCCCCC(=O)O1)O[Si](C)(C)C(C)(C)C. The van der Waals surface area contributed by atoms with Gasteiger partial charge in [-0.2, -0.15) is 0 Å². The lowest BCUT2D eigenvalue weighted by atomic mass is 10.0. The molecule has 0 radical (unpaired) electrons. The summed E-state index contributed by atoms with van der Waals surface area (Å²) in [4.78, 5) is 12.1. The molecule has 0 aliphatic carbocycles. The van der Waals surface area contributed by atoms with Gasteiger partial charge in [0.2, 0.25) is 0 Å². The summed E-state index contributed by atoms with van der Waals surface area (Å²) in [6, 6.07) is 0. The molecule has 0 spiro atoms. The van der Waals surface area contributed by atoms with Gasteiger partial charge in [0.25, 0.3) is 0 Å². The number of hydrogen-bond donors (Lipinski definition) is 1. The van der Waals surface area contributed by atoms with E-state index in [-0.39, 0.29) is 17.1 Å². The Balaban J connectivity index is 2.93. The minimum Gasteiger partial charge on any atom is -0.458 e. The van der Waals surface area contributed by atoms with Crippen molar-refractivity contribution in [3.8, 4) is 0 Å². The van der Waals surface area contributed by atoms with Crippen LogP contribution in [0.1, 0.15) is 85.5 Å². The first-order valence-corrected chi connectivity index (χ1v) is 14.4. The third kappa shape index (κ3) is 10.1. The molecular formula is C24H44O4Si. The maximum Gasteiger partial charge on any atom is 0.306 e. The first-order chi connectivity index (χ1) is 13.6. The maximum absolute atomic E-state index is 12.1. The van der Waals surface area contributed by atoms with Crippen molar-refractivity contribution in [1.29, 1.82) is 0 Å². The summed E-state index contributed by atoms with van der Waals surface area (Å²) in [7, 11) is -2.05. The van der Waals surface area contributed by atoms with Crippen molar-refractivity contribution in [3.05, 3.63) is 24.3 Å². The monoisotopic (exact) mass is 424 g/mol. The van der Waals surface area contributed by atoms with E-state index in [0.717, 1.165) is 32.1 Å². The topological polar surface area (TPSA) is 55.8 Å². The van der Waals surface area contributed by atoms with E-state index in [0.29, 0.717) is 12.8 Å². The zero-order valence-corrected chi connectivity index (χ0v) is 20.6. The Labute approximate surface area is 179 Å². The zero-order valence-electron chi connectivity index (χ0n) is 19.6. The molecule has 1 aliphatic rings. The van der Waals surface area contributed by atoms with Gasteiger partial charge in [-0.3, -0.25) is 4.79 Å². The summed E-state index contributed by atoms with van der Waals surface area (Å²) in [5, 5.41) is 10.9. The van der Waals surface area contributed by atoms with E-state index in [4.69, 9.17) is 9.16 Å². The van der Waals surface area contributed by atoms with Crippen LogP contribution in [-0.4, -0.2) is 37.7 Å². The third-order valence-electron chi connectivity index (χ3n) is 6.06. The summed E-state index contributed by atoms with van der Waals surface area (Å²) in [5.41, 5.74) is 0. The molecule has 4 nitrogen and oxygen atoms in total. The van der Waals surface area contributed by atoms with Crippen LogP contribution in [0.15, 0.2) is 24.3 Å². The predicted octanol–water partition coefficient (Wildman–Crippen LogP) is 6.31. The third-order valence-corrected chi connectivity index (χ3v) is 10.5. The van der Waals surface area contributed by atoms with Gasteiger partial charge in [-0.1, -0.05) is 65.2 Å². The van der Waals surface area contributed by atoms with E-state index in [1.807, 2.05) is 18.2 Å². The smallest absolute Gasteiger partial charge is 0.306 e. The normalized spacial score (nSPS) is 22.6. The molecule has 168 valence electrons. The molecule has 0 amide bonds. The van der Waals surface area contributed by atoms with Gasteiger partial charge in [-0.25, -0.2) is 0 Å². The van der Waals surface area contributed by atoms with E-state index >= 15 is 0 Å². The largest absolute Gasteiger partial charge is 0.458 e. The van der Waals surface area contributed by atoms with E-state index in [9.17, 15) is 9.90 Å². The second-order valence-electron chi connectivity index (χ2n) is 9.75. The van der Waals surface area contributed by atoms with Crippen LogP contribution in [0.2, 0.25) is 18.1 Å². The van der Waals surface area contributed by atoms with Gasteiger partial charge in [0.05, 0.1) is 12.2 Å². The van der Waals surface area contributed by atoms with Crippen molar-refractivity contribution in [1.82, 2.24) is 0 Å². The maximum atomic E-state index is 12.1. The lowest BCUT2D eigenvalue weighted by Crippen LogP contribution is -2.46. The van der Waals surface area contributed by atoms with E-state index in [1.54, 1.807) is 0 Å². The second kappa shape index (κ2) is 12.7. The number of rotatable bonds is 8. The molecule has 1 rings (SSSR count). The van der Waals surface area contributed by atoms with E-state index in [2.05, 4.69) is 46.9 Å². The van der Waals surface area contributed by atoms with Crippen molar-refractivity contribution in [2.75, 3.05) is 0 Å². The van der Waals surface area contributed by atoms with Gasteiger partial charge in [0, 0.05) is 6.42 Å². The van der Waals surface area contributed by atoms with Crippen LogP contribution in [0.4, 0.5) is 0 Å². The van der Waals surface area contributed by atoms with Crippen molar-refractivity contribution in [3.63, 3.8) is 0 Å². The van der Waals surface area contributed by atoms with E-state index < -0.39 is 20.5 Å². The highest BCUT2D eigenvalue weighted by Crippen LogP contribution is 2.38. The molecule has 3 atom stereocenters. The lowest BCUT2D eigenvalue weighted by Gasteiger charge is -2.39. The zero-order chi connectivity index (χ0) is 21.9. The summed E-state index contributed by atoms with van der Waals surface area (Å²) >= 11 is 0. The van der Waals surface area contributed by atoms with Gasteiger partial charge in [0.15, 0.2) is 8.32 Å². The highest BCUT2D eigenvalue weighted by molar-refractivity contribution is 6.74. The standard InChI is InChI=1S/C24H44O4Si/c1-7-8-12-16-21(25)22(28-29(5,6)24(2,3)4)19-18-20-15-13-10-9-11-14-17-23(26)27-20/h8,12,18-22,25H,7,9-11,13-17H2,1-6H3/b12-8-,19-18+/t20-,21+,22-/m1/s1. The molecule has 0 aromatic carbocycles. The fourth-order valence-corrected chi connectivity index (χ4v) is 4.37. The molecule has 1 heterocycles. The summed E-state index contributed by atoms with van der Waals surface area (Å²) in [6.45, 7) is 13.1. The number of cyclic esters (lactones) is 1. The molecule has 1 N–H and O–H groups in total. The Bertz CT molecular complexity index is 533. The Morgan fingerprint density at radius 2 is 1.83 bits per heavy atom. The molecule has 0 bridgehead atoms. The molecule has 0 aromatic rings. The quantitative estimate of drug-likeness (QED) is 0.282. The molecule has 1 aliphatic heterocycles. The van der Waals surface area contributed by atoms with Crippen LogP contribution in [0.25, 0.3) is 0 Å². The van der Waals surface area contributed by atoms with Crippen LogP contribution in [0, 0.1) is 0 Å². The number of allylic oxidation sites excluding steroid dienone is 1. The Kier molecular flexibility index (Phi) is 11.4. The first-order valence-electron chi connectivity index (χ1n) is 11.5. The van der Waals surface area contributed by atoms with Crippen LogP contribution < -0.4 is 0 Å². The fraction of sp³-hybridized carbons (Fsp3) is 0.792. The molecule has 29 heavy (non-hydrogen) atoms. The average Bonchev–Trinajstić information content (AvgIpc) is 2.63. The Morgan fingerprint density at radius 1 is 1.17 bits per heavy atom. The van der Waals surface area contributed by atoms with Crippen LogP contribution >= 0.6 is 0 Å². The van der Waals surface area contributed by atoms with Crippen molar-refractivity contribution >= 4 is 14.3 Å². The van der Waals surface area contributed by atoms with Gasteiger partial charge >= 0.3 is 5.97 Å². The number of carbonyl (C=O) groups is 1. The predicted molar refractivity (Wildman–Crippen MR) is 123 cm³/mol. The summed E-state index contributed by atoms with van der Waals surface area (Å²) in [5.74, 6) is -0.116.